The first-order chi connectivity index (χ1) is 9.89. The van der Waals surface area contributed by atoms with Crippen LogP contribution in [0, 0.1) is 0 Å². The Morgan fingerprint density at radius 1 is 1.33 bits per heavy atom. The van der Waals surface area contributed by atoms with Crippen molar-refractivity contribution in [3.8, 4) is 5.75 Å². The first-order valence-electron chi connectivity index (χ1n) is 7.05. The zero-order valence-corrected chi connectivity index (χ0v) is 13.0. The van der Waals surface area contributed by atoms with E-state index in [4.69, 9.17) is 9.47 Å². The van der Waals surface area contributed by atoms with Crippen molar-refractivity contribution in [2.75, 3.05) is 20.2 Å². The van der Waals surface area contributed by atoms with E-state index in [2.05, 4.69) is 4.98 Å². The summed E-state index contributed by atoms with van der Waals surface area (Å²) in [6.45, 7) is 6.83. The van der Waals surface area contributed by atoms with Crippen LogP contribution in [-0.2, 0) is 4.74 Å². The standard InChI is InChI=1S/C16H22N2O3/c1-16(2,3)21-15(19)18-7-5-12(6-8-18)13-9-14(20-4)11-17-10-13/h5,9-11H,6-8H2,1-4H3. The van der Waals surface area contributed by atoms with Gasteiger partial charge < -0.3 is 14.4 Å². The van der Waals surface area contributed by atoms with Crippen LogP contribution in [0.2, 0.25) is 0 Å². The molecule has 0 fully saturated rings. The summed E-state index contributed by atoms with van der Waals surface area (Å²) in [6, 6.07) is 1.96. The maximum absolute atomic E-state index is 12.0. The van der Waals surface area contributed by atoms with Crippen LogP contribution in [-0.4, -0.2) is 41.8 Å². The Bertz CT molecular complexity index is 547. The maximum atomic E-state index is 12.0. The Balaban J connectivity index is 2.03. The molecule has 1 aromatic heterocycles. The van der Waals surface area contributed by atoms with E-state index >= 15 is 0 Å². The van der Waals surface area contributed by atoms with Crippen molar-refractivity contribution in [3.63, 3.8) is 0 Å². The number of rotatable bonds is 2. The Hall–Kier alpha value is -2.04. The van der Waals surface area contributed by atoms with Crippen LogP contribution in [0.5, 0.6) is 5.75 Å². The lowest BCUT2D eigenvalue weighted by molar-refractivity contribution is 0.0270. The highest BCUT2D eigenvalue weighted by Crippen LogP contribution is 2.25. The maximum Gasteiger partial charge on any atom is 0.410 e. The second-order valence-electron chi connectivity index (χ2n) is 6.02. The molecule has 0 atom stereocenters. The predicted octanol–water partition coefficient (Wildman–Crippen LogP) is 3.11. The summed E-state index contributed by atoms with van der Waals surface area (Å²) < 4.78 is 10.6. The van der Waals surface area contributed by atoms with Crippen molar-refractivity contribution in [3.05, 3.63) is 30.1 Å². The fourth-order valence-corrected chi connectivity index (χ4v) is 2.13. The van der Waals surface area contributed by atoms with Gasteiger partial charge in [-0.05, 0) is 44.4 Å². The van der Waals surface area contributed by atoms with Crippen LogP contribution in [0.1, 0.15) is 32.8 Å². The van der Waals surface area contributed by atoms with Gasteiger partial charge in [0, 0.05) is 19.3 Å². The van der Waals surface area contributed by atoms with Gasteiger partial charge in [-0.2, -0.15) is 0 Å². The normalized spacial score (nSPS) is 15.4. The number of carbonyl (C=O) groups is 1. The molecule has 0 aliphatic carbocycles. The molecular weight excluding hydrogens is 268 g/mol. The van der Waals surface area contributed by atoms with Crippen molar-refractivity contribution < 1.29 is 14.3 Å². The smallest absolute Gasteiger partial charge is 0.410 e. The van der Waals surface area contributed by atoms with E-state index in [1.54, 1.807) is 18.2 Å². The average molecular weight is 290 g/mol. The highest BCUT2D eigenvalue weighted by Gasteiger charge is 2.23. The fraction of sp³-hybridized carbons (Fsp3) is 0.500. The van der Waals surface area contributed by atoms with Gasteiger partial charge in [0.1, 0.15) is 11.4 Å². The number of hydrogen-bond donors (Lipinski definition) is 0. The van der Waals surface area contributed by atoms with Crippen LogP contribution in [0.3, 0.4) is 0 Å². The molecule has 0 spiro atoms. The molecule has 0 unspecified atom stereocenters. The van der Waals surface area contributed by atoms with Crippen LogP contribution in [0.4, 0.5) is 4.79 Å². The molecule has 1 aliphatic rings. The lowest BCUT2D eigenvalue weighted by atomic mass is 10.0. The molecule has 2 heterocycles. The molecule has 0 bridgehead atoms. The Morgan fingerprint density at radius 3 is 2.67 bits per heavy atom. The summed E-state index contributed by atoms with van der Waals surface area (Å²) in [7, 11) is 1.63. The fourth-order valence-electron chi connectivity index (χ4n) is 2.13. The largest absolute Gasteiger partial charge is 0.495 e. The zero-order chi connectivity index (χ0) is 15.5. The Labute approximate surface area is 125 Å². The van der Waals surface area contributed by atoms with Gasteiger partial charge >= 0.3 is 6.09 Å². The van der Waals surface area contributed by atoms with E-state index in [0.29, 0.717) is 13.1 Å². The highest BCUT2D eigenvalue weighted by atomic mass is 16.6. The SMILES string of the molecule is COc1cncc(C2=CCN(C(=O)OC(C)(C)C)CC2)c1. The molecule has 2 rings (SSSR count). The van der Waals surface area contributed by atoms with Crippen LogP contribution < -0.4 is 4.74 Å². The molecule has 0 radical (unpaired) electrons. The minimum atomic E-state index is -0.461. The summed E-state index contributed by atoms with van der Waals surface area (Å²) >= 11 is 0. The van der Waals surface area contributed by atoms with E-state index < -0.39 is 5.60 Å². The van der Waals surface area contributed by atoms with Crippen molar-refractivity contribution >= 4 is 11.7 Å². The molecule has 114 valence electrons. The van der Waals surface area contributed by atoms with Gasteiger partial charge in [0.15, 0.2) is 0 Å². The van der Waals surface area contributed by atoms with Crippen molar-refractivity contribution in [1.82, 2.24) is 9.88 Å². The van der Waals surface area contributed by atoms with Crippen molar-refractivity contribution in [2.24, 2.45) is 0 Å². The molecular formula is C16H22N2O3. The number of aromatic nitrogens is 1. The third-order valence-electron chi connectivity index (χ3n) is 3.18. The van der Waals surface area contributed by atoms with E-state index in [1.165, 1.54) is 5.57 Å². The van der Waals surface area contributed by atoms with Crippen LogP contribution >= 0.6 is 0 Å². The molecule has 0 aromatic carbocycles. The van der Waals surface area contributed by atoms with Gasteiger partial charge in [-0.25, -0.2) is 4.79 Å². The lowest BCUT2D eigenvalue weighted by Gasteiger charge is -2.29. The third kappa shape index (κ3) is 4.21. The summed E-state index contributed by atoms with van der Waals surface area (Å²) in [6.07, 6.45) is 6.07. The topological polar surface area (TPSA) is 51.7 Å². The number of amides is 1. The number of ether oxygens (including phenoxy) is 2. The van der Waals surface area contributed by atoms with Gasteiger partial charge in [0.05, 0.1) is 13.3 Å². The molecule has 0 N–H and O–H groups in total. The first kappa shape index (κ1) is 15.4. The second kappa shape index (κ2) is 6.16. The highest BCUT2D eigenvalue weighted by molar-refractivity contribution is 5.72. The summed E-state index contributed by atoms with van der Waals surface area (Å²) in [5, 5.41) is 0. The summed E-state index contributed by atoms with van der Waals surface area (Å²) in [5.41, 5.74) is 1.76. The average Bonchev–Trinajstić information content (AvgIpc) is 2.46. The molecule has 5 nitrogen and oxygen atoms in total. The van der Waals surface area contributed by atoms with Gasteiger partial charge in [-0.1, -0.05) is 6.08 Å². The predicted molar refractivity (Wildman–Crippen MR) is 81.2 cm³/mol. The summed E-state index contributed by atoms with van der Waals surface area (Å²) in [5.74, 6) is 0.739. The van der Waals surface area contributed by atoms with Crippen LogP contribution in [0.25, 0.3) is 5.57 Å². The van der Waals surface area contributed by atoms with Gasteiger partial charge in [0.2, 0.25) is 0 Å². The van der Waals surface area contributed by atoms with Crippen LogP contribution in [0.15, 0.2) is 24.5 Å². The van der Waals surface area contributed by atoms with Gasteiger partial charge in [0.25, 0.3) is 0 Å². The van der Waals surface area contributed by atoms with E-state index in [-0.39, 0.29) is 6.09 Å². The first-order valence-corrected chi connectivity index (χ1v) is 7.05. The molecule has 1 aliphatic heterocycles. The van der Waals surface area contributed by atoms with E-state index in [1.807, 2.05) is 39.1 Å². The molecule has 0 saturated carbocycles. The summed E-state index contributed by atoms with van der Waals surface area (Å²) in [4.78, 5) is 17.9. The number of carbonyl (C=O) groups excluding carboxylic acids is 1. The number of nitrogens with zero attached hydrogens (tertiary/aromatic N) is 2. The van der Waals surface area contributed by atoms with E-state index in [0.717, 1.165) is 17.7 Å². The zero-order valence-electron chi connectivity index (χ0n) is 13.0. The number of pyridine rings is 1. The van der Waals surface area contributed by atoms with Gasteiger partial charge in [-0.15, -0.1) is 0 Å². The quantitative estimate of drug-likeness (QED) is 0.839. The number of hydrogen-bond acceptors (Lipinski definition) is 4. The van der Waals surface area contributed by atoms with E-state index in [9.17, 15) is 4.79 Å². The van der Waals surface area contributed by atoms with Crippen molar-refractivity contribution in [1.29, 1.82) is 0 Å². The third-order valence-corrected chi connectivity index (χ3v) is 3.18. The molecule has 1 aromatic rings. The molecule has 1 amide bonds. The number of methoxy groups -OCH3 is 1. The lowest BCUT2D eigenvalue weighted by Crippen LogP contribution is -2.39. The minimum Gasteiger partial charge on any atom is -0.495 e. The molecule has 21 heavy (non-hydrogen) atoms. The molecule has 0 saturated heterocycles. The Kier molecular flexibility index (Phi) is 4.50. The molecule has 5 heteroatoms. The Morgan fingerprint density at radius 2 is 2.10 bits per heavy atom. The van der Waals surface area contributed by atoms with Crippen molar-refractivity contribution in [2.45, 2.75) is 32.8 Å². The second-order valence-corrected chi connectivity index (χ2v) is 6.02. The van der Waals surface area contributed by atoms with Gasteiger partial charge in [-0.3, -0.25) is 4.98 Å². The minimum absolute atomic E-state index is 0.262. The monoisotopic (exact) mass is 290 g/mol.